The first-order valence-corrected chi connectivity index (χ1v) is 11.0. The summed E-state index contributed by atoms with van der Waals surface area (Å²) in [6.45, 7) is 4.14. The van der Waals surface area contributed by atoms with Crippen LogP contribution in [0.1, 0.15) is 27.0 Å². The van der Waals surface area contributed by atoms with Crippen LogP contribution in [0.5, 0.6) is 11.5 Å². The molecule has 0 aliphatic carbocycles. The van der Waals surface area contributed by atoms with E-state index >= 15 is 0 Å². The molecule has 1 amide bonds. The lowest BCUT2D eigenvalue weighted by Crippen LogP contribution is -2.20. The Morgan fingerprint density at radius 3 is 2.39 bits per heavy atom. The summed E-state index contributed by atoms with van der Waals surface area (Å²) in [5.41, 5.74) is 4.64. The van der Waals surface area contributed by atoms with Crippen LogP contribution in [0.25, 0.3) is 0 Å². The molecule has 3 N–H and O–H groups in total. The molecule has 3 rings (SSSR count). The van der Waals surface area contributed by atoms with Gasteiger partial charge in [0, 0.05) is 17.9 Å². The Morgan fingerprint density at radius 2 is 1.76 bits per heavy atom. The van der Waals surface area contributed by atoms with Crippen LogP contribution >= 0.6 is 15.9 Å². The smallest absolute Gasteiger partial charge is 0.335 e. The summed E-state index contributed by atoms with van der Waals surface area (Å²) in [6, 6.07) is 16.2. The van der Waals surface area contributed by atoms with Crippen molar-refractivity contribution in [2.24, 2.45) is 0 Å². The lowest BCUT2D eigenvalue weighted by atomic mass is 10.1. The maximum atomic E-state index is 12.3. The number of carbonyl (C=O) groups is 2. The summed E-state index contributed by atoms with van der Waals surface area (Å²) in [7, 11) is 1.53. The van der Waals surface area contributed by atoms with Crippen molar-refractivity contribution in [2.45, 2.75) is 20.4 Å². The van der Waals surface area contributed by atoms with Gasteiger partial charge >= 0.3 is 5.97 Å². The summed E-state index contributed by atoms with van der Waals surface area (Å²) < 4.78 is 11.9. The number of aryl methyl sites for hydroxylation is 2. The van der Waals surface area contributed by atoms with Crippen LogP contribution in [0.2, 0.25) is 0 Å². The molecule has 172 valence electrons. The molecule has 0 radical (unpaired) electrons. The standard InChI is InChI=1S/C25H25BrN2O5/c1-15-4-7-19(8-5-15)28-23(29)14-33-24-20(26)11-17(12-22(24)32-3)13-27-21-9-6-18(25(30)31)10-16(21)2/h4-12,27H,13-14H2,1-3H3,(H,28,29)(H,30,31). The average Bonchev–Trinajstić information content (AvgIpc) is 2.78. The van der Waals surface area contributed by atoms with E-state index in [9.17, 15) is 9.59 Å². The molecule has 3 aromatic rings. The number of amides is 1. The number of carbonyl (C=O) groups excluding carboxylic acids is 1. The molecule has 0 aliphatic heterocycles. The maximum absolute atomic E-state index is 12.3. The molecule has 0 bridgehead atoms. The SMILES string of the molecule is COc1cc(CNc2ccc(C(=O)O)cc2C)cc(Br)c1OCC(=O)Nc1ccc(C)cc1. The van der Waals surface area contributed by atoms with Gasteiger partial charge in [-0.3, -0.25) is 4.79 Å². The summed E-state index contributed by atoms with van der Waals surface area (Å²) >= 11 is 3.50. The number of hydrogen-bond donors (Lipinski definition) is 3. The number of anilines is 2. The predicted octanol–water partition coefficient (Wildman–Crippen LogP) is 5.40. The van der Waals surface area contributed by atoms with Crippen LogP contribution in [0.3, 0.4) is 0 Å². The molecule has 0 unspecified atom stereocenters. The zero-order valence-electron chi connectivity index (χ0n) is 18.6. The van der Waals surface area contributed by atoms with E-state index in [0.717, 1.165) is 22.4 Å². The predicted molar refractivity (Wildman–Crippen MR) is 131 cm³/mol. The average molecular weight is 513 g/mol. The number of methoxy groups -OCH3 is 1. The Morgan fingerprint density at radius 1 is 1.03 bits per heavy atom. The quantitative estimate of drug-likeness (QED) is 0.355. The topological polar surface area (TPSA) is 96.9 Å². The van der Waals surface area contributed by atoms with Crippen molar-refractivity contribution < 1.29 is 24.2 Å². The second-order valence-electron chi connectivity index (χ2n) is 7.50. The number of nitrogens with one attached hydrogen (secondary N) is 2. The Bertz CT molecular complexity index is 1160. The highest BCUT2D eigenvalue weighted by atomic mass is 79.9. The van der Waals surface area contributed by atoms with Crippen molar-refractivity contribution in [1.82, 2.24) is 0 Å². The van der Waals surface area contributed by atoms with Gasteiger partial charge in [-0.1, -0.05) is 17.7 Å². The fourth-order valence-corrected chi connectivity index (χ4v) is 3.78. The molecule has 0 spiro atoms. The summed E-state index contributed by atoms with van der Waals surface area (Å²) in [5.74, 6) is -0.315. The number of carboxylic acids is 1. The third-order valence-electron chi connectivity index (χ3n) is 4.93. The van der Waals surface area contributed by atoms with Crippen molar-refractivity contribution in [1.29, 1.82) is 0 Å². The lowest BCUT2D eigenvalue weighted by Gasteiger charge is -2.16. The molecule has 0 heterocycles. The zero-order valence-corrected chi connectivity index (χ0v) is 20.2. The highest BCUT2D eigenvalue weighted by molar-refractivity contribution is 9.10. The van der Waals surface area contributed by atoms with Gasteiger partial charge in [-0.2, -0.15) is 0 Å². The van der Waals surface area contributed by atoms with Crippen LogP contribution in [0, 0.1) is 13.8 Å². The molecule has 0 aromatic heterocycles. The van der Waals surface area contributed by atoms with Crippen molar-refractivity contribution in [3.8, 4) is 11.5 Å². The summed E-state index contributed by atoms with van der Waals surface area (Å²) in [6.07, 6.45) is 0. The molecule has 8 heteroatoms. The second-order valence-corrected chi connectivity index (χ2v) is 8.35. The van der Waals surface area contributed by atoms with Gasteiger partial charge in [0.15, 0.2) is 18.1 Å². The highest BCUT2D eigenvalue weighted by Crippen LogP contribution is 2.37. The van der Waals surface area contributed by atoms with Crippen molar-refractivity contribution in [3.05, 3.63) is 81.3 Å². The number of halogens is 1. The monoisotopic (exact) mass is 512 g/mol. The minimum absolute atomic E-state index is 0.171. The van der Waals surface area contributed by atoms with E-state index in [1.165, 1.54) is 7.11 Å². The first kappa shape index (κ1) is 24.1. The normalized spacial score (nSPS) is 10.4. The van der Waals surface area contributed by atoms with E-state index in [1.807, 2.05) is 50.2 Å². The molecule has 0 saturated carbocycles. The molecule has 0 aliphatic rings. The van der Waals surface area contributed by atoms with Gasteiger partial charge in [-0.05, 0) is 83.4 Å². The number of carboxylic acid groups (broad SMARTS) is 1. The van der Waals surface area contributed by atoms with Gasteiger partial charge in [0.25, 0.3) is 5.91 Å². The maximum Gasteiger partial charge on any atom is 0.335 e. The molecule has 0 fully saturated rings. The minimum atomic E-state index is -0.957. The van der Waals surface area contributed by atoms with Crippen LogP contribution in [0.15, 0.2) is 59.1 Å². The Hall–Kier alpha value is -3.52. The molecule has 7 nitrogen and oxygen atoms in total. The van der Waals surface area contributed by atoms with Gasteiger partial charge in [0.1, 0.15) is 0 Å². The van der Waals surface area contributed by atoms with Crippen molar-refractivity contribution >= 4 is 39.2 Å². The van der Waals surface area contributed by atoms with E-state index in [1.54, 1.807) is 18.2 Å². The summed E-state index contributed by atoms with van der Waals surface area (Å²) in [4.78, 5) is 23.4. The third kappa shape index (κ3) is 6.49. The highest BCUT2D eigenvalue weighted by Gasteiger charge is 2.14. The van der Waals surface area contributed by atoms with Crippen LogP contribution in [0.4, 0.5) is 11.4 Å². The fraction of sp³-hybridized carbons (Fsp3) is 0.200. The van der Waals surface area contributed by atoms with Crippen molar-refractivity contribution in [3.63, 3.8) is 0 Å². The van der Waals surface area contributed by atoms with Gasteiger partial charge in [-0.25, -0.2) is 4.79 Å². The number of aromatic carboxylic acids is 1. The molecule has 3 aromatic carbocycles. The Balaban J connectivity index is 1.64. The second kappa shape index (κ2) is 10.9. The van der Waals surface area contributed by atoms with E-state index < -0.39 is 5.97 Å². The number of benzene rings is 3. The van der Waals surface area contributed by atoms with Crippen LogP contribution in [-0.2, 0) is 11.3 Å². The first-order chi connectivity index (χ1) is 15.8. The van der Waals surface area contributed by atoms with E-state index in [2.05, 4.69) is 26.6 Å². The van der Waals surface area contributed by atoms with Gasteiger partial charge in [-0.15, -0.1) is 0 Å². The van der Waals surface area contributed by atoms with E-state index in [0.29, 0.717) is 28.2 Å². The van der Waals surface area contributed by atoms with Gasteiger partial charge < -0.3 is 25.2 Å². The van der Waals surface area contributed by atoms with Gasteiger partial charge in [0.2, 0.25) is 0 Å². The summed E-state index contributed by atoms with van der Waals surface area (Å²) in [5, 5.41) is 15.2. The van der Waals surface area contributed by atoms with Gasteiger partial charge in [0.05, 0.1) is 17.1 Å². The minimum Gasteiger partial charge on any atom is -0.493 e. The number of hydrogen-bond acceptors (Lipinski definition) is 5. The largest absolute Gasteiger partial charge is 0.493 e. The number of rotatable bonds is 9. The molecular weight excluding hydrogens is 488 g/mol. The Kier molecular flexibility index (Phi) is 7.95. The first-order valence-electron chi connectivity index (χ1n) is 10.2. The fourth-order valence-electron chi connectivity index (χ4n) is 3.18. The molecular formula is C25H25BrN2O5. The number of ether oxygens (including phenoxy) is 2. The van der Waals surface area contributed by atoms with Crippen LogP contribution < -0.4 is 20.1 Å². The van der Waals surface area contributed by atoms with Crippen LogP contribution in [-0.4, -0.2) is 30.7 Å². The molecule has 33 heavy (non-hydrogen) atoms. The van der Waals surface area contributed by atoms with E-state index in [4.69, 9.17) is 14.6 Å². The van der Waals surface area contributed by atoms with Crippen molar-refractivity contribution in [2.75, 3.05) is 24.4 Å². The Labute approximate surface area is 200 Å². The third-order valence-corrected chi connectivity index (χ3v) is 5.52. The zero-order chi connectivity index (χ0) is 24.0. The molecule has 0 saturated heterocycles. The molecule has 0 atom stereocenters. The lowest BCUT2D eigenvalue weighted by molar-refractivity contribution is -0.118. The van der Waals surface area contributed by atoms with E-state index in [-0.39, 0.29) is 18.1 Å².